The SMILES string of the molecule is CC(C)n1cc2ccc3c(=O)c(I)c(-c4ccccc4)oc3c2c1. The Kier molecular flexibility index (Phi) is 3.72. The van der Waals surface area contributed by atoms with Crippen LogP contribution >= 0.6 is 22.6 Å². The monoisotopic (exact) mass is 429 g/mol. The van der Waals surface area contributed by atoms with Crippen molar-refractivity contribution in [2.75, 3.05) is 0 Å². The average molecular weight is 429 g/mol. The molecule has 0 saturated heterocycles. The molecule has 0 aliphatic rings. The molecule has 2 aromatic heterocycles. The molecule has 0 saturated carbocycles. The van der Waals surface area contributed by atoms with Crippen LogP contribution in [0.4, 0.5) is 0 Å². The lowest BCUT2D eigenvalue weighted by atomic mass is 10.1. The molecule has 0 N–H and O–H groups in total. The van der Waals surface area contributed by atoms with Gasteiger partial charge in [-0.3, -0.25) is 4.79 Å². The van der Waals surface area contributed by atoms with Crippen LogP contribution in [0.3, 0.4) is 0 Å². The second kappa shape index (κ2) is 5.77. The number of rotatable bonds is 2. The molecular formula is C20H16INO2. The van der Waals surface area contributed by atoms with Crippen LogP contribution in [0.25, 0.3) is 33.1 Å². The van der Waals surface area contributed by atoms with Crippen molar-refractivity contribution in [2.45, 2.75) is 19.9 Å². The number of nitrogens with zero attached hydrogens (tertiary/aromatic N) is 1. The molecule has 0 unspecified atom stereocenters. The van der Waals surface area contributed by atoms with Crippen LogP contribution in [0, 0.1) is 3.57 Å². The molecule has 0 atom stereocenters. The highest BCUT2D eigenvalue weighted by atomic mass is 127. The fraction of sp³-hybridized carbons (Fsp3) is 0.150. The van der Waals surface area contributed by atoms with Gasteiger partial charge in [0.05, 0.1) is 5.39 Å². The van der Waals surface area contributed by atoms with Gasteiger partial charge in [-0.25, -0.2) is 0 Å². The third-order valence-electron chi connectivity index (χ3n) is 4.28. The summed E-state index contributed by atoms with van der Waals surface area (Å²) in [6.07, 6.45) is 4.16. The number of hydrogen-bond acceptors (Lipinski definition) is 2. The van der Waals surface area contributed by atoms with Crippen molar-refractivity contribution in [2.24, 2.45) is 0 Å². The molecular weight excluding hydrogens is 413 g/mol. The molecule has 24 heavy (non-hydrogen) atoms. The van der Waals surface area contributed by atoms with E-state index >= 15 is 0 Å². The largest absolute Gasteiger partial charge is 0.454 e. The zero-order valence-corrected chi connectivity index (χ0v) is 15.6. The Labute approximate surface area is 153 Å². The number of halogens is 1. The first-order valence-corrected chi connectivity index (χ1v) is 8.96. The van der Waals surface area contributed by atoms with Crippen molar-refractivity contribution in [3.8, 4) is 11.3 Å². The number of hydrogen-bond donors (Lipinski definition) is 0. The minimum Gasteiger partial charge on any atom is -0.454 e. The van der Waals surface area contributed by atoms with Crippen LogP contribution in [0.5, 0.6) is 0 Å². The third kappa shape index (κ3) is 2.36. The number of fused-ring (bicyclic) bond motifs is 3. The van der Waals surface area contributed by atoms with Gasteiger partial charge in [0.25, 0.3) is 0 Å². The minimum atomic E-state index is 0.0231. The lowest BCUT2D eigenvalue weighted by Crippen LogP contribution is -2.07. The molecule has 0 aliphatic carbocycles. The molecule has 4 heteroatoms. The van der Waals surface area contributed by atoms with Crippen molar-refractivity contribution in [3.63, 3.8) is 0 Å². The summed E-state index contributed by atoms with van der Waals surface area (Å²) in [5.74, 6) is 0.637. The van der Waals surface area contributed by atoms with Crippen molar-refractivity contribution >= 4 is 44.3 Å². The van der Waals surface area contributed by atoms with Gasteiger partial charge in [0.2, 0.25) is 5.43 Å². The second-order valence-electron chi connectivity index (χ2n) is 6.18. The summed E-state index contributed by atoms with van der Waals surface area (Å²) >= 11 is 2.08. The first-order valence-electron chi connectivity index (χ1n) is 7.88. The Morgan fingerprint density at radius 3 is 2.46 bits per heavy atom. The molecule has 0 fully saturated rings. The maximum Gasteiger partial charge on any atom is 0.206 e. The van der Waals surface area contributed by atoms with Crippen LogP contribution in [0.15, 0.2) is 64.1 Å². The predicted octanol–water partition coefficient (Wildman–Crippen LogP) is 5.60. The van der Waals surface area contributed by atoms with Crippen LogP contribution < -0.4 is 5.43 Å². The molecule has 0 spiro atoms. The molecule has 4 rings (SSSR count). The van der Waals surface area contributed by atoms with Crippen LogP contribution in [0.1, 0.15) is 19.9 Å². The summed E-state index contributed by atoms with van der Waals surface area (Å²) in [4.78, 5) is 12.8. The highest BCUT2D eigenvalue weighted by Crippen LogP contribution is 2.31. The standard InChI is InChI=1S/C20H16INO2/c1-12(2)22-10-14-8-9-15-18(23)17(21)19(13-6-4-3-5-7-13)24-20(15)16(14)11-22/h3-12H,1-2H3. The normalized spacial score (nSPS) is 11.7. The molecule has 0 radical (unpaired) electrons. The predicted molar refractivity (Wildman–Crippen MR) is 107 cm³/mol. The van der Waals surface area contributed by atoms with E-state index in [1.807, 2.05) is 42.5 Å². The Hall–Kier alpha value is -2.08. The summed E-state index contributed by atoms with van der Waals surface area (Å²) in [7, 11) is 0. The maximum atomic E-state index is 12.8. The van der Waals surface area contributed by atoms with E-state index in [-0.39, 0.29) is 5.43 Å². The number of benzene rings is 2. The van der Waals surface area contributed by atoms with E-state index in [2.05, 4.69) is 53.4 Å². The van der Waals surface area contributed by atoms with Crippen LogP contribution in [-0.2, 0) is 0 Å². The molecule has 3 nitrogen and oxygen atoms in total. The van der Waals surface area contributed by atoms with Gasteiger partial charge in [-0.2, -0.15) is 0 Å². The van der Waals surface area contributed by atoms with Crippen molar-refractivity contribution < 1.29 is 4.42 Å². The van der Waals surface area contributed by atoms with Gasteiger partial charge >= 0.3 is 0 Å². The van der Waals surface area contributed by atoms with E-state index < -0.39 is 0 Å². The van der Waals surface area contributed by atoms with E-state index in [1.54, 1.807) is 0 Å². The van der Waals surface area contributed by atoms with Crippen LogP contribution in [0.2, 0.25) is 0 Å². The van der Waals surface area contributed by atoms with E-state index in [0.717, 1.165) is 16.3 Å². The summed E-state index contributed by atoms with van der Waals surface area (Å²) in [5.41, 5.74) is 1.60. The Morgan fingerprint density at radius 2 is 1.75 bits per heavy atom. The van der Waals surface area contributed by atoms with Gasteiger partial charge in [0.1, 0.15) is 9.15 Å². The number of aromatic nitrogens is 1. The average Bonchev–Trinajstić information content (AvgIpc) is 3.03. The van der Waals surface area contributed by atoms with Gasteiger partial charge in [-0.1, -0.05) is 36.4 Å². The Bertz CT molecular complexity index is 1110. The van der Waals surface area contributed by atoms with Crippen LogP contribution in [-0.4, -0.2) is 4.57 Å². The van der Waals surface area contributed by atoms with E-state index in [0.29, 0.717) is 26.3 Å². The van der Waals surface area contributed by atoms with Gasteiger partial charge in [0.15, 0.2) is 5.76 Å². The van der Waals surface area contributed by atoms with Gasteiger partial charge in [-0.05, 0) is 42.5 Å². The molecule has 4 aromatic rings. The first kappa shape index (κ1) is 15.4. The smallest absolute Gasteiger partial charge is 0.206 e. The molecule has 0 aliphatic heterocycles. The highest BCUT2D eigenvalue weighted by Gasteiger charge is 2.16. The zero-order chi connectivity index (χ0) is 16.8. The van der Waals surface area contributed by atoms with Gasteiger partial charge in [0, 0.05) is 34.8 Å². The van der Waals surface area contributed by atoms with Crippen molar-refractivity contribution in [3.05, 3.63) is 68.7 Å². The topological polar surface area (TPSA) is 35.1 Å². The quantitative estimate of drug-likeness (QED) is 0.389. The lowest BCUT2D eigenvalue weighted by Gasteiger charge is -2.07. The fourth-order valence-electron chi connectivity index (χ4n) is 2.94. The second-order valence-corrected chi connectivity index (χ2v) is 7.26. The Balaban J connectivity index is 2.11. The summed E-state index contributed by atoms with van der Waals surface area (Å²) in [5, 5.41) is 2.69. The summed E-state index contributed by atoms with van der Waals surface area (Å²) in [6.45, 7) is 4.27. The molecule has 0 bridgehead atoms. The fourth-order valence-corrected chi connectivity index (χ4v) is 3.65. The van der Waals surface area contributed by atoms with Crippen molar-refractivity contribution in [1.29, 1.82) is 0 Å². The van der Waals surface area contributed by atoms with Crippen molar-refractivity contribution in [1.82, 2.24) is 4.57 Å². The third-order valence-corrected chi connectivity index (χ3v) is 5.26. The zero-order valence-electron chi connectivity index (χ0n) is 13.4. The van der Waals surface area contributed by atoms with Gasteiger partial charge in [-0.15, -0.1) is 0 Å². The van der Waals surface area contributed by atoms with Gasteiger partial charge < -0.3 is 8.98 Å². The highest BCUT2D eigenvalue weighted by molar-refractivity contribution is 14.1. The summed E-state index contributed by atoms with van der Waals surface area (Å²) < 4.78 is 9.01. The molecule has 2 heterocycles. The summed E-state index contributed by atoms with van der Waals surface area (Å²) in [6, 6.07) is 14.0. The molecule has 2 aromatic carbocycles. The van der Waals surface area contributed by atoms with E-state index in [1.165, 1.54) is 0 Å². The Morgan fingerprint density at radius 1 is 1.00 bits per heavy atom. The maximum absolute atomic E-state index is 12.8. The van der Waals surface area contributed by atoms with E-state index in [9.17, 15) is 4.79 Å². The molecule has 0 amide bonds. The van der Waals surface area contributed by atoms with E-state index in [4.69, 9.17) is 4.42 Å². The molecule has 120 valence electrons. The lowest BCUT2D eigenvalue weighted by molar-refractivity contribution is 0.604. The first-order chi connectivity index (χ1) is 11.6. The minimum absolute atomic E-state index is 0.0231.